The number of rotatable bonds is 6. The first-order valence-corrected chi connectivity index (χ1v) is 12.0. The number of carbonyl (C=O) groups excluding carboxylic acids is 1. The zero-order chi connectivity index (χ0) is 22.7. The van der Waals surface area contributed by atoms with E-state index in [0.717, 1.165) is 32.8 Å². The highest BCUT2D eigenvalue weighted by Gasteiger charge is 2.17. The molecule has 0 aliphatic rings. The Bertz CT molecular complexity index is 1250. The maximum absolute atomic E-state index is 12.6. The number of halogens is 1. The monoisotopic (exact) mass is 506 g/mol. The average Bonchev–Trinajstić information content (AvgIpc) is 3.20. The SMILES string of the molecule is Cc1ccc(-c2nnc(SCC(=O)Nc3ccc(Br)c(C)c3)n2-c2ccc(C)cc2)cc1. The van der Waals surface area contributed by atoms with E-state index in [0.29, 0.717) is 5.16 Å². The number of nitrogens with zero attached hydrogens (tertiary/aromatic N) is 3. The fourth-order valence-corrected chi connectivity index (χ4v) is 4.23. The van der Waals surface area contributed by atoms with Gasteiger partial charge in [0.15, 0.2) is 11.0 Å². The first kappa shape index (κ1) is 22.3. The predicted octanol–water partition coefficient (Wildman–Crippen LogP) is 6.35. The van der Waals surface area contributed by atoms with Crippen LogP contribution in [0.15, 0.2) is 76.4 Å². The van der Waals surface area contributed by atoms with E-state index in [9.17, 15) is 4.79 Å². The maximum atomic E-state index is 12.6. The highest BCUT2D eigenvalue weighted by atomic mass is 79.9. The Morgan fingerprint density at radius 3 is 2.25 bits per heavy atom. The quantitative estimate of drug-likeness (QED) is 0.309. The molecular weight excluding hydrogens is 484 g/mol. The van der Waals surface area contributed by atoms with Crippen LogP contribution in [0.1, 0.15) is 16.7 Å². The average molecular weight is 507 g/mol. The van der Waals surface area contributed by atoms with Crippen molar-refractivity contribution in [3.8, 4) is 17.1 Å². The summed E-state index contributed by atoms with van der Waals surface area (Å²) in [5.41, 5.74) is 6.14. The highest BCUT2D eigenvalue weighted by molar-refractivity contribution is 9.10. The Labute approximate surface area is 200 Å². The largest absolute Gasteiger partial charge is 0.325 e. The summed E-state index contributed by atoms with van der Waals surface area (Å²) in [6.07, 6.45) is 0. The van der Waals surface area contributed by atoms with Gasteiger partial charge in [0.25, 0.3) is 0 Å². The minimum Gasteiger partial charge on any atom is -0.325 e. The number of amides is 1. The summed E-state index contributed by atoms with van der Waals surface area (Å²) in [6.45, 7) is 6.10. The van der Waals surface area contributed by atoms with E-state index in [4.69, 9.17) is 0 Å². The smallest absolute Gasteiger partial charge is 0.234 e. The van der Waals surface area contributed by atoms with Crippen molar-refractivity contribution < 1.29 is 4.79 Å². The summed E-state index contributed by atoms with van der Waals surface area (Å²) in [7, 11) is 0. The second kappa shape index (κ2) is 9.71. The van der Waals surface area contributed by atoms with Crippen molar-refractivity contribution in [2.24, 2.45) is 0 Å². The summed E-state index contributed by atoms with van der Waals surface area (Å²) >= 11 is 4.85. The van der Waals surface area contributed by atoms with Crippen molar-refractivity contribution in [1.29, 1.82) is 0 Å². The minimum atomic E-state index is -0.0907. The van der Waals surface area contributed by atoms with Crippen molar-refractivity contribution in [1.82, 2.24) is 14.8 Å². The van der Waals surface area contributed by atoms with E-state index in [2.05, 4.69) is 69.6 Å². The summed E-state index contributed by atoms with van der Waals surface area (Å²) < 4.78 is 3.02. The van der Waals surface area contributed by atoms with Crippen LogP contribution in [0.3, 0.4) is 0 Å². The first-order chi connectivity index (χ1) is 15.4. The molecule has 4 rings (SSSR count). The lowest BCUT2D eigenvalue weighted by Gasteiger charge is -2.11. The van der Waals surface area contributed by atoms with Crippen LogP contribution in [0.2, 0.25) is 0 Å². The lowest BCUT2D eigenvalue weighted by atomic mass is 10.1. The van der Waals surface area contributed by atoms with Crippen LogP contribution in [0, 0.1) is 20.8 Å². The van der Waals surface area contributed by atoms with Gasteiger partial charge in [0, 0.05) is 21.4 Å². The second-order valence-electron chi connectivity index (χ2n) is 7.64. The van der Waals surface area contributed by atoms with Gasteiger partial charge in [0.1, 0.15) is 0 Å². The summed E-state index contributed by atoms with van der Waals surface area (Å²) in [6, 6.07) is 22.2. The number of carbonyl (C=O) groups is 1. The Balaban J connectivity index is 1.59. The van der Waals surface area contributed by atoms with Crippen LogP contribution in [0.4, 0.5) is 5.69 Å². The van der Waals surface area contributed by atoms with Crippen LogP contribution in [0.25, 0.3) is 17.1 Å². The molecule has 3 aromatic carbocycles. The molecule has 1 heterocycles. The highest BCUT2D eigenvalue weighted by Crippen LogP contribution is 2.28. The summed E-state index contributed by atoms with van der Waals surface area (Å²) in [5, 5.41) is 12.5. The van der Waals surface area contributed by atoms with E-state index in [1.807, 2.05) is 54.0 Å². The molecule has 0 unspecified atom stereocenters. The van der Waals surface area contributed by atoms with E-state index >= 15 is 0 Å². The Morgan fingerprint density at radius 1 is 0.938 bits per heavy atom. The third kappa shape index (κ3) is 5.11. The number of hydrogen-bond donors (Lipinski definition) is 1. The lowest BCUT2D eigenvalue weighted by Crippen LogP contribution is -2.14. The molecule has 0 saturated heterocycles. The van der Waals surface area contributed by atoms with Crippen molar-refractivity contribution in [3.05, 3.63) is 87.9 Å². The molecule has 1 N–H and O–H groups in total. The van der Waals surface area contributed by atoms with Crippen LogP contribution >= 0.6 is 27.7 Å². The van der Waals surface area contributed by atoms with Gasteiger partial charge in [-0.15, -0.1) is 10.2 Å². The minimum absolute atomic E-state index is 0.0907. The van der Waals surface area contributed by atoms with Crippen LogP contribution < -0.4 is 5.32 Å². The molecule has 162 valence electrons. The Kier molecular flexibility index (Phi) is 6.77. The summed E-state index contributed by atoms with van der Waals surface area (Å²) in [4.78, 5) is 12.6. The lowest BCUT2D eigenvalue weighted by molar-refractivity contribution is -0.113. The number of benzene rings is 3. The van der Waals surface area contributed by atoms with Crippen molar-refractivity contribution in [2.45, 2.75) is 25.9 Å². The summed E-state index contributed by atoms with van der Waals surface area (Å²) in [5.74, 6) is 0.889. The first-order valence-electron chi connectivity index (χ1n) is 10.2. The van der Waals surface area contributed by atoms with Gasteiger partial charge in [-0.2, -0.15) is 0 Å². The number of aryl methyl sites for hydroxylation is 3. The molecule has 0 aliphatic carbocycles. The Hall–Kier alpha value is -2.90. The van der Waals surface area contributed by atoms with Gasteiger partial charge in [-0.3, -0.25) is 9.36 Å². The predicted molar refractivity (Wildman–Crippen MR) is 135 cm³/mol. The Morgan fingerprint density at radius 2 is 1.59 bits per heavy atom. The van der Waals surface area contributed by atoms with Gasteiger partial charge in [0.2, 0.25) is 5.91 Å². The van der Waals surface area contributed by atoms with Gasteiger partial charge in [0.05, 0.1) is 5.75 Å². The van der Waals surface area contributed by atoms with Gasteiger partial charge in [-0.1, -0.05) is 75.2 Å². The molecule has 0 aliphatic heterocycles. The number of hydrogen-bond acceptors (Lipinski definition) is 4. The molecule has 7 heteroatoms. The van der Waals surface area contributed by atoms with Gasteiger partial charge >= 0.3 is 0 Å². The van der Waals surface area contributed by atoms with Crippen LogP contribution in [0.5, 0.6) is 0 Å². The molecule has 0 fully saturated rings. The molecule has 1 amide bonds. The van der Waals surface area contributed by atoms with Crippen molar-refractivity contribution in [2.75, 3.05) is 11.1 Å². The molecule has 4 aromatic rings. The number of thioether (sulfide) groups is 1. The molecule has 32 heavy (non-hydrogen) atoms. The molecule has 5 nitrogen and oxygen atoms in total. The van der Waals surface area contributed by atoms with Crippen LogP contribution in [-0.4, -0.2) is 26.4 Å². The molecule has 0 saturated carbocycles. The van der Waals surface area contributed by atoms with Crippen LogP contribution in [-0.2, 0) is 4.79 Å². The second-order valence-corrected chi connectivity index (χ2v) is 9.44. The third-order valence-electron chi connectivity index (χ3n) is 5.01. The zero-order valence-electron chi connectivity index (χ0n) is 18.1. The molecule has 0 bridgehead atoms. The number of aromatic nitrogens is 3. The molecule has 0 radical (unpaired) electrons. The normalized spacial score (nSPS) is 10.9. The van der Waals surface area contributed by atoms with E-state index in [1.54, 1.807) is 0 Å². The zero-order valence-corrected chi connectivity index (χ0v) is 20.5. The van der Waals surface area contributed by atoms with E-state index in [-0.39, 0.29) is 11.7 Å². The van der Waals surface area contributed by atoms with Gasteiger partial charge in [-0.25, -0.2) is 0 Å². The van der Waals surface area contributed by atoms with E-state index in [1.165, 1.54) is 22.9 Å². The van der Waals surface area contributed by atoms with Crippen molar-refractivity contribution in [3.63, 3.8) is 0 Å². The van der Waals surface area contributed by atoms with E-state index < -0.39 is 0 Å². The molecule has 1 aromatic heterocycles. The molecule has 0 atom stereocenters. The fourth-order valence-electron chi connectivity index (χ4n) is 3.23. The van der Waals surface area contributed by atoms with Gasteiger partial charge in [-0.05, 0) is 56.7 Å². The molecular formula is C25H23BrN4OS. The van der Waals surface area contributed by atoms with Gasteiger partial charge < -0.3 is 5.32 Å². The topological polar surface area (TPSA) is 59.8 Å². The fraction of sp³-hybridized carbons (Fsp3) is 0.160. The third-order valence-corrected chi connectivity index (χ3v) is 6.83. The van der Waals surface area contributed by atoms with Crippen molar-refractivity contribution >= 4 is 39.3 Å². The number of anilines is 1. The number of nitrogens with one attached hydrogen (secondary N) is 1. The molecule has 0 spiro atoms. The maximum Gasteiger partial charge on any atom is 0.234 e. The standard InChI is InChI=1S/C25H23BrN4OS/c1-16-4-8-19(9-5-16)24-28-29-25(30(24)21-11-6-17(2)7-12-21)32-15-23(31)27-20-10-13-22(26)18(3)14-20/h4-14H,15H2,1-3H3,(H,27,31).